The summed E-state index contributed by atoms with van der Waals surface area (Å²) in [6, 6.07) is 2.62. The SMILES string of the molecule is CC(=O)c1c[nH]c2c(C(=N)N)ccc(F)c12. The van der Waals surface area contributed by atoms with Gasteiger partial charge in [0.2, 0.25) is 0 Å². The van der Waals surface area contributed by atoms with Crippen LogP contribution >= 0.6 is 0 Å². The first-order valence-corrected chi connectivity index (χ1v) is 4.67. The zero-order valence-corrected chi connectivity index (χ0v) is 8.60. The molecule has 0 radical (unpaired) electrons. The van der Waals surface area contributed by atoms with Gasteiger partial charge in [-0.05, 0) is 19.1 Å². The maximum absolute atomic E-state index is 13.6. The van der Waals surface area contributed by atoms with Gasteiger partial charge in [-0.2, -0.15) is 0 Å². The van der Waals surface area contributed by atoms with E-state index in [1.54, 1.807) is 0 Å². The Bertz CT molecular complexity index is 601. The van der Waals surface area contributed by atoms with Gasteiger partial charge in [-0.3, -0.25) is 10.2 Å². The lowest BCUT2D eigenvalue weighted by Crippen LogP contribution is -2.11. The van der Waals surface area contributed by atoms with Crippen molar-refractivity contribution in [1.29, 1.82) is 5.41 Å². The monoisotopic (exact) mass is 219 g/mol. The van der Waals surface area contributed by atoms with Crippen LogP contribution in [-0.4, -0.2) is 16.6 Å². The molecule has 16 heavy (non-hydrogen) atoms. The van der Waals surface area contributed by atoms with E-state index in [2.05, 4.69) is 4.98 Å². The van der Waals surface area contributed by atoms with Gasteiger partial charge in [-0.25, -0.2) is 4.39 Å². The Balaban J connectivity index is 2.88. The second kappa shape index (κ2) is 3.44. The number of nitrogen functional groups attached to an aromatic ring is 1. The number of aromatic amines is 1. The molecule has 0 amide bonds. The molecule has 0 aliphatic carbocycles. The molecule has 5 heteroatoms. The number of H-pyrrole nitrogens is 1. The Morgan fingerprint density at radius 2 is 2.12 bits per heavy atom. The number of benzene rings is 1. The number of Topliss-reactive ketones (excluding diaryl/α,β-unsaturated/α-hetero) is 1. The number of hydrogen-bond acceptors (Lipinski definition) is 2. The highest BCUT2D eigenvalue weighted by molar-refractivity contribution is 6.13. The molecule has 0 aliphatic rings. The predicted molar refractivity (Wildman–Crippen MR) is 59.3 cm³/mol. The van der Waals surface area contributed by atoms with Gasteiger partial charge in [0.25, 0.3) is 0 Å². The van der Waals surface area contributed by atoms with Crippen molar-refractivity contribution in [1.82, 2.24) is 4.98 Å². The fraction of sp³-hybridized carbons (Fsp3) is 0.0909. The van der Waals surface area contributed by atoms with E-state index in [1.165, 1.54) is 25.3 Å². The van der Waals surface area contributed by atoms with Crippen molar-refractivity contribution in [3.8, 4) is 0 Å². The van der Waals surface area contributed by atoms with Gasteiger partial charge in [-0.1, -0.05) is 0 Å². The van der Waals surface area contributed by atoms with Crippen LogP contribution in [0.15, 0.2) is 18.3 Å². The van der Waals surface area contributed by atoms with Gasteiger partial charge >= 0.3 is 0 Å². The van der Waals surface area contributed by atoms with Crippen LogP contribution in [0, 0.1) is 11.2 Å². The van der Waals surface area contributed by atoms with Gasteiger partial charge in [-0.15, -0.1) is 0 Å². The average Bonchev–Trinajstić information content (AvgIpc) is 2.62. The van der Waals surface area contributed by atoms with Crippen molar-refractivity contribution in [3.63, 3.8) is 0 Å². The minimum atomic E-state index is -0.494. The second-order valence-corrected chi connectivity index (χ2v) is 3.52. The summed E-state index contributed by atoms with van der Waals surface area (Å²) >= 11 is 0. The van der Waals surface area contributed by atoms with Crippen LogP contribution in [0.25, 0.3) is 10.9 Å². The van der Waals surface area contributed by atoms with Crippen molar-refractivity contribution in [3.05, 3.63) is 35.3 Å². The van der Waals surface area contributed by atoms with Gasteiger partial charge in [0.15, 0.2) is 5.78 Å². The Kier molecular flexibility index (Phi) is 2.23. The molecule has 0 atom stereocenters. The normalized spacial score (nSPS) is 10.6. The van der Waals surface area contributed by atoms with Crippen LogP contribution in [0.3, 0.4) is 0 Å². The molecule has 1 heterocycles. The summed E-state index contributed by atoms with van der Waals surface area (Å²) in [6.45, 7) is 1.36. The summed E-state index contributed by atoms with van der Waals surface area (Å²) in [6.07, 6.45) is 1.43. The van der Waals surface area contributed by atoms with Crippen LogP contribution in [0.1, 0.15) is 22.8 Å². The number of ketones is 1. The fourth-order valence-corrected chi connectivity index (χ4v) is 1.71. The largest absolute Gasteiger partial charge is 0.384 e. The molecule has 0 spiro atoms. The van der Waals surface area contributed by atoms with Gasteiger partial charge in [0, 0.05) is 22.7 Å². The maximum Gasteiger partial charge on any atom is 0.162 e. The first-order chi connectivity index (χ1) is 7.52. The number of hydrogen-bond donors (Lipinski definition) is 3. The number of carbonyl (C=O) groups excluding carboxylic acids is 1. The molecule has 4 N–H and O–H groups in total. The van der Waals surface area contributed by atoms with Crippen LogP contribution in [0.5, 0.6) is 0 Å². The molecule has 2 aromatic rings. The molecule has 1 aromatic heterocycles. The first-order valence-electron chi connectivity index (χ1n) is 4.67. The highest BCUT2D eigenvalue weighted by Gasteiger charge is 2.15. The van der Waals surface area contributed by atoms with Crippen LogP contribution in [0.4, 0.5) is 4.39 Å². The van der Waals surface area contributed by atoms with E-state index >= 15 is 0 Å². The van der Waals surface area contributed by atoms with Crippen LogP contribution in [-0.2, 0) is 0 Å². The quantitative estimate of drug-likeness (QED) is 0.409. The smallest absolute Gasteiger partial charge is 0.162 e. The number of nitrogens with one attached hydrogen (secondary N) is 2. The van der Waals surface area contributed by atoms with E-state index < -0.39 is 5.82 Å². The summed E-state index contributed by atoms with van der Waals surface area (Å²) in [4.78, 5) is 14.1. The number of aromatic nitrogens is 1. The van der Waals surface area contributed by atoms with Crippen molar-refractivity contribution in [2.75, 3.05) is 0 Å². The van der Waals surface area contributed by atoms with E-state index in [9.17, 15) is 9.18 Å². The molecule has 1 aromatic carbocycles. The van der Waals surface area contributed by atoms with E-state index in [0.717, 1.165) is 0 Å². The lowest BCUT2D eigenvalue weighted by atomic mass is 10.1. The number of amidine groups is 1. The fourth-order valence-electron chi connectivity index (χ4n) is 1.71. The maximum atomic E-state index is 13.6. The predicted octanol–water partition coefficient (Wildman–Crippen LogP) is 1.79. The molecule has 0 fully saturated rings. The Labute approximate surface area is 90.8 Å². The number of nitrogens with two attached hydrogens (primary N) is 1. The van der Waals surface area contributed by atoms with Gasteiger partial charge in [0.1, 0.15) is 11.7 Å². The summed E-state index contributed by atoms with van der Waals surface area (Å²) < 4.78 is 13.6. The minimum absolute atomic E-state index is 0.165. The third kappa shape index (κ3) is 1.37. The standard InChI is InChI=1S/C11H10FN3O/c1-5(16)7-4-15-10-6(11(13)14)2-3-8(12)9(7)10/h2-4,15H,1H3,(H3,13,14). The van der Waals surface area contributed by atoms with Gasteiger partial charge in [0.05, 0.1) is 5.52 Å². The number of rotatable bonds is 2. The number of fused-ring (bicyclic) bond motifs is 1. The Morgan fingerprint density at radius 1 is 1.44 bits per heavy atom. The van der Waals surface area contributed by atoms with E-state index in [1.807, 2.05) is 0 Å². The van der Waals surface area contributed by atoms with Crippen LogP contribution in [0.2, 0.25) is 0 Å². The highest BCUT2D eigenvalue weighted by Crippen LogP contribution is 2.25. The zero-order chi connectivity index (χ0) is 11.9. The molecule has 0 saturated carbocycles. The van der Waals surface area contributed by atoms with Crippen molar-refractivity contribution in [2.45, 2.75) is 6.92 Å². The van der Waals surface area contributed by atoms with E-state index in [-0.39, 0.29) is 22.6 Å². The number of halogens is 1. The molecule has 0 saturated heterocycles. The first kappa shape index (κ1) is 10.4. The summed E-state index contributed by atoms with van der Waals surface area (Å²) in [5.41, 5.74) is 6.42. The van der Waals surface area contributed by atoms with Crippen molar-refractivity contribution < 1.29 is 9.18 Å². The summed E-state index contributed by atoms with van der Waals surface area (Å²) in [7, 11) is 0. The average molecular weight is 219 g/mol. The van der Waals surface area contributed by atoms with E-state index in [4.69, 9.17) is 11.1 Å². The molecule has 4 nitrogen and oxygen atoms in total. The second-order valence-electron chi connectivity index (χ2n) is 3.52. The highest BCUT2D eigenvalue weighted by atomic mass is 19.1. The van der Waals surface area contributed by atoms with Crippen LogP contribution < -0.4 is 5.73 Å². The van der Waals surface area contributed by atoms with E-state index in [0.29, 0.717) is 11.1 Å². The molecule has 82 valence electrons. The van der Waals surface area contributed by atoms with Crippen molar-refractivity contribution >= 4 is 22.5 Å². The van der Waals surface area contributed by atoms with Crippen molar-refractivity contribution in [2.24, 2.45) is 5.73 Å². The third-order valence-electron chi connectivity index (χ3n) is 2.45. The zero-order valence-electron chi connectivity index (χ0n) is 8.60. The molecule has 0 aliphatic heterocycles. The minimum Gasteiger partial charge on any atom is -0.384 e. The number of carbonyl (C=O) groups is 1. The molecular weight excluding hydrogens is 209 g/mol. The third-order valence-corrected chi connectivity index (χ3v) is 2.45. The molecule has 0 bridgehead atoms. The Hall–Kier alpha value is -2.17. The lowest BCUT2D eigenvalue weighted by Gasteiger charge is -2.02. The summed E-state index contributed by atoms with van der Waals surface area (Å²) in [5, 5.41) is 7.55. The molecular formula is C11H10FN3O. The topological polar surface area (TPSA) is 82.7 Å². The summed E-state index contributed by atoms with van der Waals surface area (Å²) in [5.74, 6) is -0.890. The molecule has 0 unspecified atom stereocenters. The Morgan fingerprint density at radius 3 is 2.69 bits per heavy atom. The molecule has 2 rings (SSSR count). The van der Waals surface area contributed by atoms with Gasteiger partial charge < -0.3 is 10.7 Å². The lowest BCUT2D eigenvalue weighted by molar-refractivity contribution is 0.101.